The molecule has 4 heteroatoms. The highest BCUT2D eigenvalue weighted by molar-refractivity contribution is 5.90. The molecule has 1 aromatic carbocycles. The lowest BCUT2D eigenvalue weighted by molar-refractivity contribution is -0.149. The van der Waals surface area contributed by atoms with Crippen LogP contribution in [0.3, 0.4) is 0 Å². The van der Waals surface area contributed by atoms with E-state index in [1.54, 1.807) is 6.92 Å². The number of rotatable bonds is 3. The molecule has 0 radical (unpaired) electrons. The molecule has 0 N–H and O–H groups in total. The van der Waals surface area contributed by atoms with E-state index in [0.717, 1.165) is 23.0 Å². The first-order valence-electron chi connectivity index (χ1n) is 6.71. The molecule has 0 saturated carbocycles. The summed E-state index contributed by atoms with van der Waals surface area (Å²) in [4.78, 5) is 23.7. The number of nitrogens with zero attached hydrogens (tertiary/aromatic N) is 1. The van der Waals surface area contributed by atoms with Gasteiger partial charge in [-0.15, -0.1) is 0 Å². The molecule has 0 saturated heterocycles. The first-order chi connectivity index (χ1) is 10.00. The zero-order chi connectivity index (χ0) is 15.6. The van der Waals surface area contributed by atoms with E-state index < -0.39 is 17.3 Å². The van der Waals surface area contributed by atoms with Crippen LogP contribution in [0.15, 0.2) is 35.4 Å². The summed E-state index contributed by atoms with van der Waals surface area (Å²) in [5.41, 5.74) is 1.77. The number of aldehydes is 1. The van der Waals surface area contributed by atoms with Gasteiger partial charge in [-0.3, -0.25) is 9.59 Å². The molecule has 21 heavy (non-hydrogen) atoms. The Kier molecular flexibility index (Phi) is 3.95. The SMILES string of the molecule is COC(=O)[C@]1(C#N)CC(C)=C(C=O)[C@H]1c1ccc(C)cc1. The van der Waals surface area contributed by atoms with Crippen molar-refractivity contribution >= 4 is 12.3 Å². The minimum atomic E-state index is -1.36. The zero-order valence-electron chi connectivity index (χ0n) is 12.3. The number of nitriles is 1. The molecule has 0 bridgehead atoms. The first kappa shape index (κ1) is 15.0. The van der Waals surface area contributed by atoms with Crippen molar-refractivity contribution in [1.82, 2.24) is 0 Å². The second kappa shape index (κ2) is 5.53. The van der Waals surface area contributed by atoms with Gasteiger partial charge < -0.3 is 4.74 Å². The Balaban J connectivity index is 2.64. The predicted molar refractivity (Wildman–Crippen MR) is 77.4 cm³/mol. The summed E-state index contributed by atoms with van der Waals surface area (Å²) in [6.45, 7) is 3.74. The largest absolute Gasteiger partial charge is 0.468 e. The van der Waals surface area contributed by atoms with Crippen LogP contribution >= 0.6 is 0 Å². The number of methoxy groups -OCH3 is 1. The minimum Gasteiger partial charge on any atom is -0.468 e. The summed E-state index contributed by atoms with van der Waals surface area (Å²) in [7, 11) is 1.27. The van der Waals surface area contributed by atoms with Gasteiger partial charge in [0.1, 0.15) is 6.29 Å². The number of hydrogen-bond acceptors (Lipinski definition) is 4. The molecular weight excluding hydrogens is 266 g/mol. The highest BCUT2D eigenvalue weighted by Gasteiger charge is 2.54. The topological polar surface area (TPSA) is 67.2 Å². The maximum absolute atomic E-state index is 12.2. The maximum atomic E-state index is 12.2. The van der Waals surface area contributed by atoms with Gasteiger partial charge in [0.2, 0.25) is 0 Å². The van der Waals surface area contributed by atoms with Crippen LogP contribution in [0.1, 0.15) is 30.4 Å². The smallest absolute Gasteiger partial charge is 0.327 e. The van der Waals surface area contributed by atoms with Gasteiger partial charge in [0.25, 0.3) is 0 Å². The van der Waals surface area contributed by atoms with E-state index >= 15 is 0 Å². The van der Waals surface area contributed by atoms with E-state index in [9.17, 15) is 14.9 Å². The fourth-order valence-electron chi connectivity index (χ4n) is 3.05. The third kappa shape index (κ3) is 2.25. The molecule has 0 amide bonds. The van der Waals surface area contributed by atoms with Crippen molar-refractivity contribution in [2.75, 3.05) is 7.11 Å². The number of carbonyl (C=O) groups excluding carboxylic acids is 2. The van der Waals surface area contributed by atoms with Crippen LogP contribution in [0.2, 0.25) is 0 Å². The zero-order valence-corrected chi connectivity index (χ0v) is 12.3. The van der Waals surface area contributed by atoms with Crippen molar-refractivity contribution in [3.8, 4) is 6.07 Å². The standard InChI is InChI=1S/C17H17NO3/c1-11-4-6-13(7-5-11)15-14(9-19)12(2)8-17(15,10-18)16(20)21-3/h4-7,9,15H,8H2,1-3H3/t15-,17+/m1/s1. The van der Waals surface area contributed by atoms with E-state index in [-0.39, 0.29) is 6.42 Å². The van der Waals surface area contributed by atoms with Crippen molar-refractivity contribution in [3.63, 3.8) is 0 Å². The lowest BCUT2D eigenvalue weighted by Crippen LogP contribution is -2.35. The van der Waals surface area contributed by atoms with Crippen molar-refractivity contribution < 1.29 is 14.3 Å². The van der Waals surface area contributed by atoms with Gasteiger partial charge in [-0.05, 0) is 25.8 Å². The molecule has 0 heterocycles. The molecule has 2 rings (SSSR count). The van der Waals surface area contributed by atoms with Gasteiger partial charge in [-0.1, -0.05) is 35.4 Å². The van der Waals surface area contributed by atoms with Crippen molar-refractivity contribution in [2.24, 2.45) is 5.41 Å². The number of aryl methyl sites for hydroxylation is 1. The second-order valence-electron chi connectivity index (χ2n) is 5.45. The van der Waals surface area contributed by atoms with E-state index in [1.165, 1.54) is 7.11 Å². The average molecular weight is 283 g/mol. The molecule has 0 aromatic heterocycles. The normalized spacial score (nSPS) is 24.6. The third-order valence-corrected chi connectivity index (χ3v) is 4.13. The second-order valence-corrected chi connectivity index (χ2v) is 5.45. The summed E-state index contributed by atoms with van der Waals surface area (Å²) in [5.74, 6) is -1.17. The monoisotopic (exact) mass is 283 g/mol. The first-order valence-corrected chi connectivity index (χ1v) is 6.71. The average Bonchev–Trinajstić information content (AvgIpc) is 2.80. The van der Waals surface area contributed by atoms with Gasteiger partial charge in [0.15, 0.2) is 5.41 Å². The fraction of sp³-hybridized carbons (Fsp3) is 0.353. The molecule has 2 atom stereocenters. The number of benzene rings is 1. The van der Waals surface area contributed by atoms with E-state index in [0.29, 0.717) is 5.57 Å². The lowest BCUT2D eigenvalue weighted by Gasteiger charge is -2.27. The molecule has 1 aliphatic rings. The highest BCUT2D eigenvalue weighted by atomic mass is 16.5. The Bertz CT molecular complexity index is 652. The van der Waals surface area contributed by atoms with Crippen LogP contribution in [0.5, 0.6) is 0 Å². The third-order valence-electron chi connectivity index (χ3n) is 4.13. The van der Waals surface area contributed by atoms with E-state index in [1.807, 2.05) is 31.2 Å². The molecule has 0 spiro atoms. The quantitative estimate of drug-likeness (QED) is 0.632. The molecule has 0 aliphatic heterocycles. The Hall–Kier alpha value is -2.41. The lowest BCUT2D eigenvalue weighted by atomic mass is 9.72. The number of esters is 1. The van der Waals surface area contributed by atoms with E-state index in [4.69, 9.17) is 4.74 Å². The van der Waals surface area contributed by atoms with Gasteiger partial charge in [-0.25, -0.2) is 0 Å². The molecule has 1 aliphatic carbocycles. The molecule has 0 unspecified atom stereocenters. The molecule has 1 aromatic rings. The predicted octanol–water partition coefficient (Wildman–Crippen LogP) is 2.68. The fourth-order valence-corrected chi connectivity index (χ4v) is 3.05. The van der Waals surface area contributed by atoms with E-state index in [2.05, 4.69) is 6.07 Å². The molecular formula is C17H17NO3. The Labute approximate surface area is 124 Å². The Morgan fingerprint density at radius 2 is 2.00 bits per heavy atom. The maximum Gasteiger partial charge on any atom is 0.327 e. The summed E-state index contributed by atoms with van der Waals surface area (Å²) in [6, 6.07) is 9.64. The summed E-state index contributed by atoms with van der Waals surface area (Å²) in [5, 5.41) is 9.64. The Morgan fingerprint density at radius 3 is 2.48 bits per heavy atom. The van der Waals surface area contributed by atoms with Crippen LogP contribution in [-0.2, 0) is 14.3 Å². The number of ether oxygens (including phenoxy) is 1. The molecule has 4 nitrogen and oxygen atoms in total. The van der Waals surface area contributed by atoms with Crippen LogP contribution in [0.4, 0.5) is 0 Å². The van der Waals surface area contributed by atoms with Gasteiger partial charge in [0.05, 0.1) is 13.2 Å². The number of hydrogen-bond donors (Lipinski definition) is 0. The van der Waals surface area contributed by atoms with Crippen LogP contribution in [0, 0.1) is 23.7 Å². The van der Waals surface area contributed by atoms with Crippen LogP contribution < -0.4 is 0 Å². The van der Waals surface area contributed by atoms with Gasteiger partial charge >= 0.3 is 5.97 Å². The summed E-state index contributed by atoms with van der Waals surface area (Å²) >= 11 is 0. The van der Waals surface area contributed by atoms with Gasteiger partial charge in [0, 0.05) is 11.5 Å². The van der Waals surface area contributed by atoms with Crippen LogP contribution in [0.25, 0.3) is 0 Å². The molecule has 108 valence electrons. The van der Waals surface area contributed by atoms with Crippen LogP contribution in [-0.4, -0.2) is 19.4 Å². The number of carbonyl (C=O) groups is 2. The minimum absolute atomic E-state index is 0.225. The van der Waals surface area contributed by atoms with Crippen molar-refractivity contribution in [2.45, 2.75) is 26.2 Å². The number of allylic oxidation sites excluding steroid dienone is 2. The Morgan fingerprint density at radius 1 is 1.38 bits per heavy atom. The summed E-state index contributed by atoms with van der Waals surface area (Å²) in [6.07, 6.45) is 0.977. The van der Waals surface area contributed by atoms with Crippen molar-refractivity contribution in [3.05, 3.63) is 46.5 Å². The van der Waals surface area contributed by atoms with Crippen molar-refractivity contribution in [1.29, 1.82) is 5.26 Å². The molecule has 0 fully saturated rings. The highest BCUT2D eigenvalue weighted by Crippen LogP contribution is 2.52. The van der Waals surface area contributed by atoms with Gasteiger partial charge in [-0.2, -0.15) is 5.26 Å². The summed E-state index contributed by atoms with van der Waals surface area (Å²) < 4.78 is 4.84.